The van der Waals surface area contributed by atoms with Crippen LogP contribution in [0.1, 0.15) is 6.92 Å². The summed E-state index contributed by atoms with van der Waals surface area (Å²) in [6.45, 7) is 1.96. The molecule has 0 saturated carbocycles. The van der Waals surface area contributed by atoms with E-state index < -0.39 is 0 Å². The van der Waals surface area contributed by atoms with E-state index in [1.807, 2.05) is 0 Å². The van der Waals surface area contributed by atoms with Crippen LogP contribution in [0.5, 0.6) is 0 Å². The molecular weight excluding hydrogens is 110 g/mol. The van der Waals surface area contributed by atoms with Crippen molar-refractivity contribution in [2.24, 2.45) is 0 Å². The molecule has 0 rings (SSSR count). The van der Waals surface area contributed by atoms with Gasteiger partial charge in [-0.3, -0.25) is 4.84 Å². The van der Waals surface area contributed by atoms with Gasteiger partial charge in [-0.05, 0) is 14.0 Å². The van der Waals surface area contributed by atoms with Crippen molar-refractivity contribution >= 4 is 0 Å². The van der Waals surface area contributed by atoms with Gasteiger partial charge in [0.1, 0.15) is 0 Å². The summed E-state index contributed by atoms with van der Waals surface area (Å²) in [5.41, 5.74) is 0. The van der Waals surface area contributed by atoms with Crippen LogP contribution in [0.15, 0.2) is 0 Å². The molecule has 5 heteroatoms. The summed E-state index contributed by atoms with van der Waals surface area (Å²) in [6, 6.07) is 0. The minimum Gasteiger partial charge on any atom is -0.749 e. The van der Waals surface area contributed by atoms with Gasteiger partial charge in [-0.1, -0.05) is 0 Å². The van der Waals surface area contributed by atoms with Crippen molar-refractivity contribution in [1.29, 1.82) is 0 Å². The molecule has 0 bridgehead atoms. The maximum Gasteiger partial charge on any atom is 0.0660 e. The minimum atomic E-state index is 0.0972. The average molecular weight is 119 g/mol. The molecular formula is C3H9N3O2-2. The van der Waals surface area contributed by atoms with Crippen LogP contribution < -0.4 is 0 Å². The third-order valence-corrected chi connectivity index (χ3v) is 0.484. The van der Waals surface area contributed by atoms with Gasteiger partial charge < -0.3 is 16.2 Å². The summed E-state index contributed by atoms with van der Waals surface area (Å²) < 4.78 is 0. The molecule has 0 heterocycles. The summed E-state index contributed by atoms with van der Waals surface area (Å²) in [5.74, 6) is 6.61. The lowest BCUT2D eigenvalue weighted by Gasteiger charge is -2.38. The average Bonchev–Trinajstić information content (AvgIpc) is 1.67. The zero-order valence-corrected chi connectivity index (χ0v) is 4.92. The topological polar surface area (TPSA) is 62.6 Å². The van der Waals surface area contributed by atoms with Gasteiger partial charge in [0.25, 0.3) is 0 Å². The van der Waals surface area contributed by atoms with Crippen molar-refractivity contribution in [3.05, 3.63) is 11.0 Å². The molecule has 0 unspecified atom stereocenters. The van der Waals surface area contributed by atoms with Gasteiger partial charge in [0.2, 0.25) is 0 Å². The van der Waals surface area contributed by atoms with E-state index in [4.69, 9.17) is 5.84 Å². The Morgan fingerprint density at radius 1 is 1.75 bits per heavy atom. The second-order valence-electron chi connectivity index (χ2n) is 1.18. The molecule has 0 radical (unpaired) electrons. The highest BCUT2D eigenvalue weighted by Gasteiger charge is 1.81. The van der Waals surface area contributed by atoms with Gasteiger partial charge in [-0.2, -0.15) is 0 Å². The largest absolute Gasteiger partial charge is 0.749 e. The fourth-order valence-electron chi connectivity index (χ4n) is 0.197. The van der Waals surface area contributed by atoms with Crippen molar-refractivity contribution in [2.75, 3.05) is 13.7 Å². The predicted octanol–water partition coefficient (Wildman–Crippen LogP) is 0.552. The van der Waals surface area contributed by atoms with Crippen molar-refractivity contribution in [3.8, 4) is 0 Å². The Balaban J connectivity index is 3.17. The number of hydrazine groups is 1. The Labute approximate surface area is 48.1 Å². The van der Waals surface area contributed by atoms with Crippen LogP contribution in [0.3, 0.4) is 0 Å². The lowest BCUT2D eigenvalue weighted by molar-refractivity contribution is -0.218. The van der Waals surface area contributed by atoms with Crippen LogP contribution in [0.2, 0.25) is 0 Å². The first-order valence-corrected chi connectivity index (χ1v) is 2.23. The predicted molar refractivity (Wildman–Crippen MR) is 28.9 cm³/mol. The quantitative estimate of drug-likeness (QED) is 0.509. The highest BCUT2D eigenvalue weighted by atomic mass is 16.9. The van der Waals surface area contributed by atoms with E-state index in [1.54, 1.807) is 6.92 Å². The first kappa shape index (κ1) is 7.80. The molecule has 5 nitrogen and oxygen atoms in total. The Bertz CT molecular complexity index is 58.5. The van der Waals surface area contributed by atoms with Crippen LogP contribution in [0.4, 0.5) is 0 Å². The summed E-state index contributed by atoms with van der Waals surface area (Å²) in [5, 5.41) is 10.8. The summed E-state index contributed by atoms with van der Waals surface area (Å²) >= 11 is 0. The summed E-state index contributed by atoms with van der Waals surface area (Å²) in [4.78, 5) is 4.32. The van der Waals surface area contributed by atoms with E-state index in [9.17, 15) is 5.21 Å². The SMILES string of the molecule is CCON([O-])N(C)[NH-]. The van der Waals surface area contributed by atoms with Crippen LogP contribution >= 0.6 is 0 Å². The molecule has 0 aromatic rings. The summed E-state index contributed by atoms with van der Waals surface area (Å²) in [7, 11) is 1.28. The van der Waals surface area contributed by atoms with E-state index in [0.29, 0.717) is 5.12 Å². The smallest absolute Gasteiger partial charge is 0.0660 e. The third-order valence-electron chi connectivity index (χ3n) is 0.484. The van der Waals surface area contributed by atoms with E-state index in [-0.39, 0.29) is 11.9 Å². The van der Waals surface area contributed by atoms with Gasteiger partial charge in [0.05, 0.1) is 6.61 Å². The highest BCUT2D eigenvalue weighted by molar-refractivity contribution is 4.37. The Morgan fingerprint density at radius 2 is 2.25 bits per heavy atom. The number of nitrogens with one attached hydrogen (secondary N) is 1. The molecule has 0 amide bonds. The van der Waals surface area contributed by atoms with Gasteiger partial charge in [0.15, 0.2) is 0 Å². The molecule has 0 atom stereocenters. The molecule has 0 aliphatic rings. The lowest BCUT2D eigenvalue weighted by atomic mass is 10.9. The molecule has 0 aliphatic heterocycles. The molecule has 8 heavy (non-hydrogen) atoms. The minimum absolute atomic E-state index is 0.0972. The Morgan fingerprint density at radius 3 is 2.38 bits per heavy atom. The highest BCUT2D eigenvalue weighted by Crippen LogP contribution is 1.89. The molecule has 0 fully saturated rings. The lowest BCUT2D eigenvalue weighted by Crippen LogP contribution is -2.28. The van der Waals surface area contributed by atoms with E-state index in [1.165, 1.54) is 7.05 Å². The van der Waals surface area contributed by atoms with Crippen LogP contribution in [-0.2, 0) is 4.84 Å². The van der Waals surface area contributed by atoms with Gasteiger partial charge in [-0.25, -0.2) is 5.34 Å². The van der Waals surface area contributed by atoms with Crippen LogP contribution in [0, 0.1) is 5.21 Å². The van der Waals surface area contributed by atoms with Gasteiger partial charge >= 0.3 is 0 Å². The van der Waals surface area contributed by atoms with Gasteiger partial charge in [0, 0.05) is 0 Å². The van der Waals surface area contributed by atoms with E-state index in [0.717, 1.165) is 0 Å². The molecule has 0 saturated heterocycles. The van der Waals surface area contributed by atoms with Crippen molar-refractivity contribution in [3.63, 3.8) is 0 Å². The first-order valence-electron chi connectivity index (χ1n) is 2.23. The third kappa shape index (κ3) is 2.89. The van der Waals surface area contributed by atoms with Crippen molar-refractivity contribution < 1.29 is 4.84 Å². The normalized spacial score (nSPS) is 11.2. The second-order valence-corrected chi connectivity index (χ2v) is 1.18. The van der Waals surface area contributed by atoms with Crippen molar-refractivity contribution in [1.82, 2.24) is 10.5 Å². The van der Waals surface area contributed by atoms with Gasteiger partial charge in [-0.15, -0.1) is 0 Å². The molecule has 0 aromatic carbocycles. The van der Waals surface area contributed by atoms with E-state index >= 15 is 0 Å². The molecule has 1 N–H and O–H groups in total. The summed E-state index contributed by atoms with van der Waals surface area (Å²) in [6.07, 6.45) is 0. The van der Waals surface area contributed by atoms with Crippen LogP contribution in [0.25, 0.3) is 5.84 Å². The molecule has 50 valence electrons. The Kier molecular flexibility index (Phi) is 3.67. The molecule has 0 aliphatic carbocycles. The monoisotopic (exact) mass is 119 g/mol. The maximum absolute atomic E-state index is 10.2. The number of nitrogens with zero attached hydrogens (tertiary/aromatic N) is 2. The fraction of sp³-hybridized carbons (Fsp3) is 1.00. The zero-order valence-electron chi connectivity index (χ0n) is 4.92. The first-order chi connectivity index (χ1) is 3.68. The molecule has 0 aromatic heterocycles. The number of rotatable bonds is 3. The van der Waals surface area contributed by atoms with Crippen molar-refractivity contribution in [2.45, 2.75) is 6.92 Å². The second kappa shape index (κ2) is 3.76. The number of hydrogen-bond donors (Lipinski definition) is 0. The van der Waals surface area contributed by atoms with Crippen LogP contribution in [-0.4, -0.2) is 24.1 Å². The standard InChI is InChI=1S/C3H9N3O2/c1-3-8-6(7)5(2)4/h4H,3H2,1-2H3/q-2. The maximum atomic E-state index is 10.2. The van der Waals surface area contributed by atoms with E-state index in [2.05, 4.69) is 4.84 Å². The Hall–Kier alpha value is -0.200. The number of hydrogen-bond acceptors (Lipinski definition) is 4. The molecule has 0 spiro atoms. The fourth-order valence-corrected chi connectivity index (χ4v) is 0.197. The zero-order chi connectivity index (χ0) is 6.57.